The standard InChI is InChI=1S/C15H21N3O2S/c1-11-3-2-5-17(13(11)9-19)6-7-18-10-16-12-4-8-21-14(12)15(18)20/h4,8,10-11,13,19H,2-3,5-7,9H2,1H3. The first-order valence-electron chi connectivity index (χ1n) is 7.48. The maximum atomic E-state index is 12.3. The van der Waals surface area contributed by atoms with Crippen LogP contribution in [0.1, 0.15) is 19.8 Å². The lowest BCUT2D eigenvalue weighted by molar-refractivity contribution is 0.0503. The van der Waals surface area contributed by atoms with Gasteiger partial charge in [0.05, 0.1) is 18.5 Å². The first kappa shape index (κ1) is 14.7. The lowest BCUT2D eigenvalue weighted by Gasteiger charge is -2.39. The van der Waals surface area contributed by atoms with E-state index in [0.717, 1.165) is 29.7 Å². The smallest absolute Gasteiger partial charge is 0.271 e. The Bertz CT molecular complexity index is 666. The quantitative estimate of drug-likeness (QED) is 0.931. The van der Waals surface area contributed by atoms with E-state index < -0.39 is 0 Å². The number of hydrogen-bond acceptors (Lipinski definition) is 5. The Labute approximate surface area is 127 Å². The van der Waals surface area contributed by atoms with Crippen molar-refractivity contribution >= 4 is 21.6 Å². The summed E-state index contributed by atoms with van der Waals surface area (Å²) in [7, 11) is 0. The molecular formula is C15H21N3O2S. The second kappa shape index (κ2) is 6.25. The van der Waals surface area contributed by atoms with Crippen LogP contribution >= 0.6 is 11.3 Å². The number of thiophene rings is 1. The highest BCUT2D eigenvalue weighted by Gasteiger charge is 2.27. The van der Waals surface area contributed by atoms with Crippen molar-refractivity contribution in [2.45, 2.75) is 32.4 Å². The summed E-state index contributed by atoms with van der Waals surface area (Å²) in [5.74, 6) is 0.512. The molecule has 1 N–H and O–H groups in total. The van der Waals surface area contributed by atoms with Crippen LogP contribution in [0.25, 0.3) is 10.2 Å². The predicted molar refractivity (Wildman–Crippen MR) is 84.7 cm³/mol. The molecule has 2 unspecified atom stereocenters. The van der Waals surface area contributed by atoms with Crippen LogP contribution in [0.15, 0.2) is 22.6 Å². The van der Waals surface area contributed by atoms with Crippen molar-refractivity contribution in [2.75, 3.05) is 19.7 Å². The SMILES string of the molecule is CC1CCCN(CCn2cnc3ccsc3c2=O)C1CO. The number of aliphatic hydroxyl groups is 1. The van der Waals surface area contributed by atoms with E-state index in [0.29, 0.717) is 12.5 Å². The minimum absolute atomic E-state index is 0.0422. The van der Waals surface area contributed by atoms with Crippen LogP contribution in [0.2, 0.25) is 0 Å². The maximum Gasteiger partial charge on any atom is 0.271 e. The number of hydrogen-bond donors (Lipinski definition) is 1. The summed E-state index contributed by atoms with van der Waals surface area (Å²) in [4.78, 5) is 19.0. The molecular weight excluding hydrogens is 286 g/mol. The predicted octanol–water partition coefficient (Wildman–Crippen LogP) is 1.55. The van der Waals surface area contributed by atoms with Crippen LogP contribution < -0.4 is 5.56 Å². The molecule has 1 saturated heterocycles. The average molecular weight is 307 g/mol. The number of aliphatic hydroxyl groups excluding tert-OH is 1. The van der Waals surface area contributed by atoms with Gasteiger partial charge in [-0.1, -0.05) is 6.92 Å². The van der Waals surface area contributed by atoms with E-state index in [1.165, 1.54) is 17.8 Å². The highest BCUT2D eigenvalue weighted by molar-refractivity contribution is 7.17. The second-order valence-corrected chi connectivity index (χ2v) is 6.70. The van der Waals surface area contributed by atoms with Crippen molar-refractivity contribution in [3.05, 3.63) is 28.1 Å². The summed E-state index contributed by atoms with van der Waals surface area (Å²) in [6.07, 6.45) is 3.97. The summed E-state index contributed by atoms with van der Waals surface area (Å²) in [5, 5.41) is 11.5. The van der Waals surface area contributed by atoms with Gasteiger partial charge in [-0.2, -0.15) is 0 Å². The van der Waals surface area contributed by atoms with Crippen LogP contribution in [0, 0.1) is 5.92 Å². The summed E-state index contributed by atoms with van der Waals surface area (Å²) < 4.78 is 2.41. The van der Waals surface area contributed by atoms with Gasteiger partial charge in [0.15, 0.2) is 0 Å². The van der Waals surface area contributed by atoms with Gasteiger partial charge in [0.25, 0.3) is 5.56 Å². The lowest BCUT2D eigenvalue weighted by atomic mass is 9.91. The molecule has 3 heterocycles. The molecule has 114 valence electrons. The van der Waals surface area contributed by atoms with E-state index >= 15 is 0 Å². The van der Waals surface area contributed by atoms with Crippen LogP contribution in [0.4, 0.5) is 0 Å². The van der Waals surface area contributed by atoms with Gasteiger partial charge in [-0.3, -0.25) is 14.3 Å². The molecule has 0 radical (unpaired) electrons. The van der Waals surface area contributed by atoms with Crippen molar-refractivity contribution < 1.29 is 5.11 Å². The van der Waals surface area contributed by atoms with Gasteiger partial charge < -0.3 is 5.11 Å². The van der Waals surface area contributed by atoms with Crippen LogP contribution in [0.5, 0.6) is 0 Å². The normalized spacial score (nSPS) is 23.7. The van der Waals surface area contributed by atoms with Crippen LogP contribution in [0.3, 0.4) is 0 Å². The molecule has 21 heavy (non-hydrogen) atoms. The Morgan fingerprint density at radius 1 is 1.48 bits per heavy atom. The molecule has 0 saturated carbocycles. The molecule has 5 nitrogen and oxygen atoms in total. The van der Waals surface area contributed by atoms with Gasteiger partial charge in [0.1, 0.15) is 4.70 Å². The van der Waals surface area contributed by atoms with Gasteiger partial charge in [-0.15, -0.1) is 11.3 Å². The number of likely N-dealkylation sites (tertiary alicyclic amines) is 1. The second-order valence-electron chi connectivity index (χ2n) is 5.78. The highest BCUT2D eigenvalue weighted by atomic mass is 32.1. The Morgan fingerprint density at radius 2 is 2.33 bits per heavy atom. The number of nitrogens with zero attached hydrogens (tertiary/aromatic N) is 3. The molecule has 2 aromatic heterocycles. The molecule has 0 amide bonds. The lowest BCUT2D eigenvalue weighted by Crippen LogP contribution is -2.48. The topological polar surface area (TPSA) is 58.4 Å². The van der Waals surface area contributed by atoms with E-state index in [9.17, 15) is 9.90 Å². The first-order valence-corrected chi connectivity index (χ1v) is 8.36. The van der Waals surface area contributed by atoms with Gasteiger partial charge in [-0.05, 0) is 36.8 Å². The fraction of sp³-hybridized carbons (Fsp3) is 0.600. The molecule has 0 aliphatic carbocycles. The van der Waals surface area contributed by atoms with Gasteiger partial charge in [-0.25, -0.2) is 4.98 Å². The van der Waals surface area contributed by atoms with Crippen molar-refractivity contribution in [3.8, 4) is 0 Å². The maximum absolute atomic E-state index is 12.3. The average Bonchev–Trinajstić information content (AvgIpc) is 2.96. The number of piperidine rings is 1. The summed E-state index contributed by atoms with van der Waals surface area (Å²) in [5.41, 5.74) is 0.821. The fourth-order valence-corrected chi connectivity index (χ4v) is 3.97. The molecule has 6 heteroatoms. The minimum atomic E-state index is 0.0422. The van der Waals surface area contributed by atoms with Crippen molar-refractivity contribution in [3.63, 3.8) is 0 Å². The van der Waals surface area contributed by atoms with E-state index in [4.69, 9.17) is 0 Å². The van der Waals surface area contributed by atoms with E-state index in [1.54, 1.807) is 10.9 Å². The highest BCUT2D eigenvalue weighted by Crippen LogP contribution is 2.22. The van der Waals surface area contributed by atoms with Crippen LogP contribution in [-0.4, -0.2) is 45.3 Å². The molecule has 2 aromatic rings. The largest absolute Gasteiger partial charge is 0.395 e. The Morgan fingerprint density at radius 3 is 3.14 bits per heavy atom. The van der Waals surface area contributed by atoms with Gasteiger partial charge >= 0.3 is 0 Å². The zero-order valence-electron chi connectivity index (χ0n) is 12.2. The third-order valence-corrected chi connectivity index (χ3v) is 5.37. The van der Waals surface area contributed by atoms with E-state index in [2.05, 4.69) is 16.8 Å². The molecule has 0 bridgehead atoms. The van der Waals surface area contributed by atoms with Crippen molar-refractivity contribution in [2.24, 2.45) is 5.92 Å². The summed E-state index contributed by atoms with van der Waals surface area (Å²) >= 11 is 1.45. The number of fused-ring (bicyclic) bond motifs is 1. The van der Waals surface area contributed by atoms with E-state index in [1.807, 2.05) is 11.4 Å². The van der Waals surface area contributed by atoms with E-state index in [-0.39, 0.29) is 18.2 Å². The molecule has 1 aliphatic heterocycles. The molecule has 3 rings (SSSR count). The Hall–Kier alpha value is -1.24. The third kappa shape index (κ3) is 2.88. The molecule has 0 spiro atoms. The zero-order valence-corrected chi connectivity index (χ0v) is 13.1. The van der Waals surface area contributed by atoms with Gasteiger partial charge in [0, 0.05) is 19.1 Å². The first-order chi connectivity index (χ1) is 10.2. The molecule has 1 fully saturated rings. The summed E-state index contributed by atoms with van der Waals surface area (Å²) in [6, 6.07) is 2.09. The summed E-state index contributed by atoms with van der Waals surface area (Å²) in [6.45, 7) is 4.80. The van der Waals surface area contributed by atoms with Crippen LogP contribution in [-0.2, 0) is 6.54 Å². The third-order valence-electron chi connectivity index (χ3n) is 4.48. The zero-order chi connectivity index (χ0) is 14.8. The monoisotopic (exact) mass is 307 g/mol. The molecule has 0 aromatic carbocycles. The molecule has 1 aliphatic rings. The fourth-order valence-electron chi connectivity index (χ4n) is 3.18. The Balaban J connectivity index is 1.73. The van der Waals surface area contributed by atoms with Gasteiger partial charge in [0.2, 0.25) is 0 Å². The number of aromatic nitrogens is 2. The molecule has 2 atom stereocenters. The van der Waals surface area contributed by atoms with Crippen molar-refractivity contribution in [1.82, 2.24) is 14.5 Å². The minimum Gasteiger partial charge on any atom is -0.395 e. The Kier molecular flexibility index (Phi) is 4.37. The van der Waals surface area contributed by atoms with Crippen molar-refractivity contribution in [1.29, 1.82) is 0 Å². The number of rotatable bonds is 4.